The summed E-state index contributed by atoms with van der Waals surface area (Å²) in [5, 5.41) is 9.68. The summed E-state index contributed by atoms with van der Waals surface area (Å²) in [4.78, 5) is 31.1. The largest absolute Gasteiger partial charge is 0.478 e. The van der Waals surface area contributed by atoms with Crippen LogP contribution in [0.15, 0.2) is 54.7 Å². The number of carboxylic acids is 1. The molecule has 7 nitrogen and oxygen atoms in total. The maximum Gasteiger partial charge on any atom is 0.433 e. The smallest absolute Gasteiger partial charge is 0.433 e. The van der Waals surface area contributed by atoms with E-state index in [1.165, 1.54) is 29.3 Å². The molecule has 2 aliphatic rings. The SMILES string of the molecule is Cc1cc(-c2ccc(C(F)(F)F)nc2)c(CN2CCC3(CC2)CN(c2ccc(C(=O)O)cc2)C(=O)O3)cc1Cl. The summed E-state index contributed by atoms with van der Waals surface area (Å²) < 4.78 is 44.8. The molecule has 1 N–H and O–H groups in total. The number of aromatic carboxylic acids is 1. The molecule has 0 bridgehead atoms. The minimum atomic E-state index is -4.51. The molecule has 0 aliphatic carbocycles. The summed E-state index contributed by atoms with van der Waals surface area (Å²) in [7, 11) is 0. The van der Waals surface area contributed by atoms with Gasteiger partial charge in [0.2, 0.25) is 0 Å². The van der Waals surface area contributed by atoms with Crippen LogP contribution in [0.1, 0.15) is 40.0 Å². The lowest BCUT2D eigenvalue weighted by atomic mass is 9.90. The molecule has 3 aromatic rings. The average molecular weight is 560 g/mol. The van der Waals surface area contributed by atoms with Crippen LogP contribution in [0.2, 0.25) is 5.02 Å². The Morgan fingerprint density at radius 3 is 2.41 bits per heavy atom. The van der Waals surface area contributed by atoms with Crippen molar-refractivity contribution in [2.75, 3.05) is 24.5 Å². The Morgan fingerprint density at radius 2 is 1.82 bits per heavy atom. The van der Waals surface area contributed by atoms with Crippen molar-refractivity contribution in [1.82, 2.24) is 9.88 Å². The molecule has 2 aromatic carbocycles. The van der Waals surface area contributed by atoms with Crippen LogP contribution >= 0.6 is 11.6 Å². The number of aryl methyl sites for hydroxylation is 1. The first-order chi connectivity index (χ1) is 18.4. The van der Waals surface area contributed by atoms with Crippen LogP contribution in [-0.2, 0) is 17.5 Å². The third-order valence-electron chi connectivity index (χ3n) is 7.31. The molecule has 0 radical (unpaired) electrons. The number of carbonyl (C=O) groups is 2. The topological polar surface area (TPSA) is 83.0 Å². The van der Waals surface area contributed by atoms with E-state index in [2.05, 4.69) is 9.88 Å². The maximum atomic E-state index is 13.0. The van der Waals surface area contributed by atoms with Gasteiger partial charge >= 0.3 is 18.2 Å². The summed E-state index contributed by atoms with van der Waals surface area (Å²) in [6.07, 6.45) is -2.55. The van der Waals surface area contributed by atoms with Gasteiger partial charge in [-0.25, -0.2) is 9.59 Å². The number of carboxylic acid groups (broad SMARTS) is 1. The van der Waals surface area contributed by atoms with Gasteiger partial charge in [-0.2, -0.15) is 13.2 Å². The van der Waals surface area contributed by atoms with Gasteiger partial charge in [0.05, 0.1) is 12.1 Å². The number of halogens is 4. The van der Waals surface area contributed by atoms with Crippen LogP contribution in [0.5, 0.6) is 0 Å². The van der Waals surface area contributed by atoms with Gasteiger partial charge in [-0.3, -0.25) is 14.8 Å². The van der Waals surface area contributed by atoms with E-state index in [4.69, 9.17) is 21.4 Å². The number of aromatic nitrogens is 1. The Bertz CT molecular complexity index is 1400. The highest BCUT2D eigenvalue weighted by atomic mass is 35.5. The van der Waals surface area contributed by atoms with E-state index >= 15 is 0 Å². The highest BCUT2D eigenvalue weighted by Gasteiger charge is 2.47. The number of piperidine rings is 1. The van der Waals surface area contributed by atoms with E-state index in [0.717, 1.165) is 22.8 Å². The molecule has 2 aliphatic heterocycles. The lowest BCUT2D eigenvalue weighted by Crippen LogP contribution is -2.46. The third-order valence-corrected chi connectivity index (χ3v) is 7.71. The molecule has 39 heavy (non-hydrogen) atoms. The number of carbonyl (C=O) groups excluding carboxylic acids is 1. The molecule has 1 amide bonds. The van der Waals surface area contributed by atoms with Crippen LogP contribution in [-0.4, -0.2) is 52.3 Å². The van der Waals surface area contributed by atoms with Gasteiger partial charge in [-0.05, 0) is 66.1 Å². The number of nitrogens with zero attached hydrogens (tertiary/aromatic N) is 3. The van der Waals surface area contributed by atoms with Crippen molar-refractivity contribution in [2.45, 2.75) is 38.1 Å². The zero-order chi connectivity index (χ0) is 27.9. The van der Waals surface area contributed by atoms with Gasteiger partial charge in [0.25, 0.3) is 0 Å². The van der Waals surface area contributed by atoms with Gasteiger partial charge in [-0.15, -0.1) is 0 Å². The van der Waals surface area contributed by atoms with Crippen molar-refractivity contribution in [3.63, 3.8) is 0 Å². The van der Waals surface area contributed by atoms with E-state index < -0.39 is 29.5 Å². The van der Waals surface area contributed by atoms with Crippen LogP contribution in [0.3, 0.4) is 0 Å². The summed E-state index contributed by atoms with van der Waals surface area (Å²) in [6, 6.07) is 12.2. The number of anilines is 1. The monoisotopic (exact) mass is 559 g/mol. The van der Waals surface area contributed by atoms with E-state index in [1.807, 2.05) is 19.1 Å². The fraction of sp³-hybridized carbons (Fsp3) is 0.321. The van der Waals surface area contributed by atoms with Crippen molar-refractivity contribution in [1.29, 1.82) is 0 Å². The Morgan fingerprint density at radius 1 is 1.13 bits per heavy atom. The first-order valence-corrected chi connectivity index (χ1v) is 12.7. The lowest BCUT2D eigenvalue weighted by Gasteiger charge is -2.37. The number of hydrogen-bond donors (Lipinski definition) is 1. The molecule has 2 saturated heterocycles. The summed E-state index contributed by atoms with van der Waals surface area (Å²) in [5.74, 6) is -1.04. The van der Waals surface area contributed by atoms with Crippen molar-refractivity contribution >= 4 is 29.4 Å². The zero-order valence-corrected chi connectivity index (χ0v) is 21.7. The number of likely N-dealkylation sites (tertiary alicyclic amines) is 1. The normalized spacial score (nSPS) is 17.5. The number of amides is 1. The van der Waals surface area contributed by atoms with Gasteiger partial charge < -0.3 is 9.84 Å². The number of benzene rings is 2. The first kappa shape index (κ1) is 27.0. The third kappa shape index (κ3) is 5.58. The zero-order valence-electron chi connectivity index (χ0n) is 21.0. The van der Waals surface area contributed by atoms with Gasteiger partial charge in [0.1, 0.15) is 11.3 Å². The Kier molecular flexibility index (Phi) is 7.02. The van der Waals surface area contributed by atoms with Crippen molar-refractivity contribution in [2.24, 2.45) is 0 Å². The van der Waals surface area contributed by atoms with Crippen LogP contribution in [0.4, 0.5) is 23.7 Å². The molecule has 0 unspecified atom stereocenters. The lowest BCUT2D eigenvalue weighted by molar-refractivity contribution is -0.141. The molecule has 5 rings (SSSR count). The van der Waals surface area contributed by atoms with Crippen molar-refractivity contribution in [3.8, 4) is 11.1 Å². The predicted molar refractivity (Wildman–Crippen MR) is 139 cm³/mol. The Hall–Kier alpha value is -3.63. The molecule has 1 aromatic heterocycles. The number of hydrogen-bond acceptors (Lipinski definition) is 5. The van der Waals surface area contributed by atoms with E-state index in [-0.39, 0.29) is 5.56 Å². The molecular weight excluding hydrogens is 535 g/mol. The van der Waals surface area contributed by atoms with E-state index in [1.54, 1.807) is 12.1 Å². The maximum absolute atomic E-state index is 13.0. The van der Waals surface area contributed by atoms with Gasteiger partial charge in [-0.1, -0.05) is 17.7 Å². The van der Waals surface area contributed by atoms with Gasteiger partial charge in [0, 0.05) is 54.9 Å². The standard InChI is InChI=1S/C28H25ClF3N3O4/c1-17-12-22(19-4-7-24(33-14-19)28(30,31)32)20(13-23(17)29)15-34-10-8-27(9-11-34)16-35(26(38)39-27)21-5-2-18(3-6-21)25(36)37/h2-7,12-14H,8-11,15-16H2,1H3,(H,36,37). The highest BCUT2D eigenvalue weighted by molar-refractivity contribution is 6.31. The minimum absolute atomic E-state index is 0.136. The molecule has 11 heteroatoms. The predicted octanol–water partition coefficient (Wildman–Crippen LogP) is 6.42. The summed E-state index contributed by atoms with van der Waals surface area (Å²) in [6.45, 7) is 3.99. The molecule has 0 saturated carbocycles. The fourth-order valence-electron chi connectivity index (χ4n) is 5.07. The summed E-state index contributed by atoms with van der Waals surface area (Å²) >= 11 is 6.41. The average Bonchev–Trinajstić information content (AvgIpc) is 3.22. The number of ether oxygens (including phenoxy) is 1. The molecular formula is C28H25ClF3N3O4. The number of pyridine rings is 1. The second-order valence-electron chi connectivity index (χ2n) is 9.95. The Labute approximate surface area is 227 Å². The van der Waals surface area contributed by atoms with Crippen LogP contribution < -0.4 is 4.90 Å². The van der Waals surface area contributed by atoms with Crippen molar-refractivity contribution < 1.29 is 32.6 Å². The molecule has 204 valence electrons. The van der Waals surface area contributed by atoms with E-state index in [9.17, 15) is 22.8 Å². The second kappa shape index (κ2) is 10.2. The Balaban J connectivity index is 1.29. The number of alkyl halides is 3. The fourth-order valence-corrected chi connectivity index (χ4v) is 5.26. The van der Waals surface area contributed by atoms with Gasteiger partial charge in [0.15, 0.2) is 0 Å². The quantitative estimate of drug-likeness (QED) is 0.388. The highest BCUT2D eigenvalue weighted by Crippen LogP contribution is 2.38. The molecule has 3 heterocycles. The van der Waals surface area contributed by atoms with Crippen LogP contribution in [0, 0.1) is 6.92 Å². The second-order valence-corrected chi connectivity index (χ2v) is 10.4. The number of rotatable bonds is 5. The molecule has 1 spiro atoms. The van der Waals surface area contributed by atoms with Crippen LogP contribution in [0.25, 0.3) is 11.1 Å². The summed E-state index contributed by atoms with van der Waals surface area (Å²) in [5.41, 5.74) is 2.13. The minimum Gasteiger partial charge on any atom is -0.478 e. The van der Waals surface area contributed by atoms with Crippen molar-refractivity contribution in [3.05, 3.63) is 82.1 Å². The van der Waals surface area contributed by atoms with E-state index in [0.29, 0.717) is 55.3 Å². The first-order valence-electron chi connectivity index (χ1n) is 12.3. The molecule has 2 fully saturated rings. The molecule has 0 atom stereocenters.